The third-order valence-corrected chi connectivity index (χ3v) is 4.25. The van der Waals surface area contributed by atoms with Gasteiger partial charge in [0.25, 0.3) is 0 Å². The van der Waals surface area contributed by atoms with E-state index in [4.69, 9.17) is 5.73 Å². The molecule has 0 spiro atoms. The van der Waals surface area contributed by atoms with Crippen molar-refractivity contribution in [3.63, 3.8) is 0 Å². The second kappa shape index (κ2) is 5.26. The summed E-state index contributed by atoms with van der Waals surface area (Å²) in [5, 5.41) is 0. The summed E-state index contributed by atoms with van der Waals surface area (Å²) < 4.78 is 0. The summed E-state index contributed by atoms with van der Waals surface area (Å²) in [5.41, 5.74) is 9.30. The molecule has 2 nitrogen and oxygen atoms in total. The van der Waals surface area contributed by atoms with Crippen LogP contribution in [-0.2, 0) is 0 Å². The highest BCUT2D eigenvalue weighted by molar-refractivity contribution is 5.29. The minimum absolute atomic E-state index is 0.176. The monoisotopic (exact) mass is 260 g/mol. The molecule has 1 heterocycles. The molecule has 0 amide bonds. The van der Waals surface area contributed by atoms with Gasteiger partial charge in [0.2, 0.25) is 0 Å². The second-order valence-corrected chi connectivity index (χ2v) is 7.08. The van der Waals surface area contributed by atoms with Crippen molar-refractivity contribution in [1.82, 2.24) is 4.90 Å². The molecule has 1 aromatic carbocycles. The van der Waals surface area contributed by atoms with Crippen LogP contribution >= 0.6 is 0 Å². The number of nitrogens with zero attached hydrogens (tertiary/aromatic N) is 1. The first-order valence-corrected chi connectivity index (χ1v) is 7.43. The van der Waals surface area contributed by atoms with E-state index >= 15 is 0 Å². The predicted molar refractivity (Wildman–Crippen MR) is 82.3 cm³/mol. The van der Waals surface area contributed by atoms with Crippen molar-refractivity contribution >= 4 is 0 Å². The first-order chi connectivity index (χ1) is 8.80. The van der Waals surface area contributed by atoms with E-state index in [0.717, 1.165) is 13.0 Å². The topological polar surface area (TPSA) is 29.3 Å². The molecule has 19 heavy (non-hydrogen) atoms. The van der Waals surface area contributed by atoms with Gasteiger partial charge in [0.15, 0.2) is 0 Å². The zero-order chi connectivity index (χ0) is 14.2. The number of hydrogen-bond donors (Lipinski definition) is 1. The number of benzene rings is 1. The Balaban J connectivity index is 2.28. The van der Waals surface area contributed by atoms with Gasteiger partial charge in [-0.25, -0.2) is 0 Å². The molecule has 1 aliphatic rings. The van der Waals surface area contributed by atoms with Crippen molar-refractivity contribution in [2.45, 2.75) is 64.6 Å². The standard InChI is InChI=1S/C17H28N2/c1-12(2)13-6-8-14(9-7-13)16-15(18)10-11-19(16)17(3,4)5/h6-9,12,15-16H,10-11,18H2,1-5H3. The van der Waals surface area contributed by atoms with Crippen LogP contribution in [0.1, 0.15) is 64.1 Å². The predicted octanol–water partition coefficient (Wildman–Crippen LogP) is 3.68. The van der Waals surface area contributed by atoms with Crippen molar-refractivity contribution in [2.75, 3.05) is 6.54 Å². The van der Waals surface area contributed by atoms with Gasteiger partial charge in [0, 0.05) is 18.1 Å². The van der Waals surface area contributed by atoms with Gasteiger partial charge in [0.1, 0.15) is 0 Å². The van der Waals surface area contributed by atoms with Gasteiger partial charge in [-0.1, -0.05) is 38.1 Å². The Hall–Kier alpha value is -0.860. The van der Waals surface area contributed by atoms with Crippen molar-refractivity contribution < 1.29 is 0 Å². The lowest BCUT2D eigenvalue weighted by Crippen LogP contribution is -2.43. The second-order valence-electron chi connectivity index (χ2n) is 7.08. The van der Waals surface area contributed by atoms with E-state index in [9.17, 15) is 0 Å². The van der Waals surface area contributed by atoms with Gasteiger partial charge in [0.05, 0.1) is 6.04 Å². The Morgan fingerprint density at radius 2 is 1.74 bits per heavy atom. The Morgan fingerprint density at radius 3 is 2.21 bits per heavy atom. The molecule has 1 aliphatic heterocycles. The lowest BCUT2D eigenvalue weighted by atomic mass is 9.94. The maximum atomic E-state index is 6.35. The normalized spacial score (nSPS) is 25.2. The molecule has 106 valence electrons. The molecule has 0 aromatic heterocycles. The summed E-state index contributed by atoms with van der Waals surface area (Å²) in [4.78, 5) is 2.54. The average molecular weight is 260 g/mol. The van der Waals surface area contributed by atoms with Crippen LogP contribution in [0.15, 0.2) is 24.3 Å². The molecule has 0 radical (unpaired) electrons. The fraction of sp³-hybridized carbons (Fsp3) is 0.647. The zero-order valence-corrected chi connectivity index (χ0v) is 13.0. The molecule has 2 unspecified atom stereocenters. The SMILES string of the molecule is CC(C)c1ccc(C2C(N)CCN2C(C)(C)C)cc1. The molecule has 0 bridgehead atoms. The molecule has 2 atom stereocenters. The van der Waals surface area contributed by atoms with Crippen LogP contribution < -0.4 is 5.73 Å². The summed E-state index contributed by atoms with van der Waals surface area (Å²) in [6.07, 6.45) is 1.09. The van der Waals surface area contributed by atoms with E-state index < -0.39 is 0 Å². The van der Waals surface area contributed by atoms with Gasteiger partial charge in [-0.2, -0.15) is 0 Å². The molecule has 0 saturated carbocycles. The average Bonchev–Trinajstić information content (AvgIpc) is 2.71. The molecular formula is C17H28N2. The van der Waals surface area contributed by atoms with E-state index in [0.29, 0.717) is 12.0 Å². The number of rotatable bonds is 2. The Bertz CT molecular complexity index is 414. The van der Waals surface area contributed by atoms with Crippen LogP contribution in [-0.4, -0.2) is 23.0 Å². The first kappa shape index (κ1) is 14.5. The van der Waals surface area contributed by atoms with Crippen molar-refractivity contribution in [2.24, 2.45) is 5.73 Å². The van der Waals surface area contributed by atoms with E-state index in [1.54, 1.807) is 0 Å². The van der Waals surface area contributed by atoms with Crippen LogP contribution in [0.5, 0.6) is 0 Å². The van der Waals surface area contributed by atoms with Gasteiger partial charge in [-0.15, -0.1) is 0 Å². The molecule has 2 N–H and O–H groups in total. The van der Waals surface area contributed by atoms with E-state index in [-0.39, 0.29) is 11.6 Å². The van der Waals surface area contributed by atoms with Gasteiger partial charge in [-0.3, -0.25) is 4.90 Å². The third kappa shape index (κ3) is 3.01. The summed E-state index contributed by atoms with van der Waals surface area (Å²) in [6.45, 7) is 12.4. The quantitative estimate of drug-likeness (QED) is 0.879. The maximum absolute atomic E-state index is 6.35. The number of hydrogen-bond acceptors (Lipinski definition) is 2. The van der Waals surface area contributed by atoms with Gasteiger partial charge < -0.3 is 5.73 Å². The summed E-state index contributed by atoms with van der Waals surface area (Å²) in [5.74, 6) is 0.588. The van der Waals surface area contributed by atoms with Gasteiger partial charge in [-0.05, 0) is 44.2 Å². The third-order valence-electron chi connectivity index (χ3n) is 4.25. The maximum Gasteiger partial charge on any atom is 0.0504 e. The number of likely N-dealkylation sites (tertiary alicyclic amines) is 1. The highest BCUT2D eigenvalue weighted by Crippen LogP contribution is 2.36. The van der Waals surface area contributed by atoms with Crippen LogP contribution in [0.4, 0.5) is 0 Å². The van der Waals surface area contributed by atoms with Crippen LogP contribution in [0.3, 0.4) is 0 Å². The smallest absolute Gasteiger partial charge is 0.0504 e. The van der Waals surface area contributed by atoms with Crippen molar-refractivity contribution in [3.05, 3.63) is 35.4 Å². The zero-order valence-electron chi connectivity index (χ0n) is 13.0. The van der Waals surface area contributed by atoms with Crippen molar-refractivity contribution in [1.29, 1.82) is 0 Å². The Kier molecular flexibility index (Phi) is 4.03. The lowest BCUT2D eigenvalue weighted by molar-refractivity contribution is 0.117. The summed E-state index contributed by atoms with van der Waals surface area (Å²) in [6, 6.07) is 9.66. The first-order valence-electron chi connectivity index (χ1n) is 7.43. The Labute approximate surface area is 118 Å². The van der Waals surface area contributed by atoms with Crippen molar-refractivity contribution in [3.8, 4) is 0 Å². The molecule has 1 fully saturated rings. The van der Waals surface area contributed by atoms with Crippen LogP contribution in [0.2, 0.25) is 0 Å². The molecular weight excluding hydrogens is 232 g/mol. The molecule has 2 rings (SSSR count). The highest BCUT2D eigenvalue weighted by atomic mass is 15.3. The van der Waals surface area contributed by atoms with Crippen LogP contribution in [0, 0.1) is 0 Å². The summed E-state index contributed by atoms with van der Waals surface area (Å²) >= 11 is 0. The van der Waals surface area contributed by atoms with E-state index in [1.165, 1.54) is 11.1 Å². The van der Waals surface area contributed by atoms with E-state index in [2.05, 4.69) is 63.8 Å². The number of nitrogens with two attached hydrogens (primary N) is 1. The Morgan fingerprint density at radius 1 is 1.16 bits per heavy atom. The minimum atomic E-state index is 0.176. The molecule has 2 heteroatoms. The minimum Gasteiger partial charge on any atom is -0.326 e. The molecule has 0 aliphatic carbocycles. The fourth-order valence-electron chi connectivity index (χ4n) is 3.07. The summed E-state index contributed by atoms with van der Waals surface area (Å²) in [7, 11) is 0. The lowest BCUT2D eigenvalue weighted by Gasteiger charge is -2.38. The molecule has 1 aromatic rings. The highest BCUT2D eigenvalue weighted by Gasteiger charge is 2.38. The fourth-order valence-corrected chi connectivity index (χ4v) is 3.07. The largest absolute Gasteiger partial charge is 0.326 e. The van der Waals surface area contributed by atoms with Crippen LogP contribution in [0.25, 0.3) is 0 Å². The van der Waals surface area contributed by atoms with E-state index in [1.807, 2.05) is 0 Å². The molecule has 1 saturated heterocycles. The van der Waals surface area contributed by atoms with Gasteiger partial charge >= 0.3 is 0 Å².